The molecule has 1 heterocycles. The third-order valence-electron chi connectivity index (χ3n) is 2.78. The summed E-state index contributed by atoms with van der Waals surface area (Å²) in [4.78, 5) is 12.5. The number of rotatable bonds is 5. The molecule has 108 valence electrons. The fourth-order valence-electron chi connectivity index (χ4n) is 1.84. The van der Waals surface area contributed by atoms with Crippen molar-refractivity contribution in [2.45, 2.75) is 13.5 Å². The lowest BCUT2D eigenvalue weighted by Crippen LogP contribution is -2.12. The van der Waals surface area contributed by atoms with Crippen LogP contribution in [0.1, 0.15) is 27.7 Å². The molecule has 1 aromatic heterocycles. The van der Waals surface area contributed by atoms with Crippen molar-refractivity contribution in [2.24, 2.45) is 0 Å². The first kappa shape index (κ1) is 15.0. The quantitative estimate of drug-likeness (QED) is 0.889. The summed E-state index contributed by atoms with van der Waals surface area (Å²) in [6, 6.07) is 8.64. The number of ether oxygens (including phenoxy) is 1. The Morgan fingerprint density at radius 2 is 2.29 bits per heavy atom. The number of aliphatic hydroxyl groups excluding tert-OH is 1. The van der Waals surface area contributed by atoms with Crippen LogP contribution in [-0.2, 0) is 6.61 Å². The molecule has 0 bridgehead atoms. The van der Waals surface area contributed by atoms with E-state index in [2.05, 4.69) is 5.32 Å². The van der Waals surface area contributed by atoms with Crippen LogP contribution in [-0.4, -0.2) is 17.6 Å². The molecule has 1 aromatic carbocycles. The second-order valence-electron chi connectivity index (χ2n) is 4.14. The summed E-state index contributed by atoms with van der Waals surface area (Å²) in [5.41, 5.74) is 1.50. The number of benzene rings is 1. The fraction of sp³-hybridized carbons (Fsp3) is 0.200. The summed E-state index contributed by atoms with van der Waals surface area (Å²) in [6.07, 6.45) is 0. The molecule has 0 fully saturated rings. The molecule has 2 N–H and O–H groups in total. The van der Waals surface area contributed by atoms with Crippen molar-refractivity contribution in [3.63, 3.8) is 0 Å². The summed E-state index contributed by atoms with van der Waals surface area (Å²) >= 11 is 1.21. The van der Waals surface area contributed by atoms with Gasteiger partial charge in [0.05, 0.1) is 18.8 Å². The third-order valence-corrected chi connectivity index (χ3v) is 3.69. The van der Waals surface area contributed by atoms with E-state index in [-0.39, 0.29) is 12.5 Å². The Bertz CT molecular complexity index is 688. The number of nitriles is 1. The van der Waals surface area contributed by atoms with Gasteiger partial charge in [-0.1, -0.05) is 0 Å². The van der Waals surface area contributed by atoms with Gasteiger partial charge in [0.15, 0.2) is 0 Å². The Labute approximate surface area is 126 Å². The molecule has 0 saturated carbocycles. The number of nitrogens with one attached hydrogen (secondary N) is 1. The molecule has 0 aliphatic rings. The zero-order valence-corrected chi connectivity index (χ0v) is 12.2. The predicted molar refractivity (Wildman–Crippen MR) is 80.5 cm³/mol. The van der Waals surface area contributed by atoms with Crippen molar-refractivity contribution in [1.29, 1.82) is 5.26 Å². The van der Waals surface area contributed by atoms with Crippen molar-refractivity contribution in [2.75, 3.05) is 11.9 Å². The molecule has 6 heteroatoms. The molecule has 5 nitrogen and oxygen atoms in total. The van der Waals surface area contributed by atoms with Gasteiger partial charge in [-0.2, -0.15) is 5.26 Å². The Balaban J connectivity index is 2.20. The van der Waals surface area contributed by atoms with E-state index in [1.54, 1.807) is 29.6 Å². The van der Waals surface area contributed by atoms with Gasteiger partial charge in [-0.15, -0.1) is 11.3 Å². The number of carbonyl (C=O) groups excluding carboxylic acids is 1. The van der Waals surface area contributed by atoms with E-state index >= 15 is 0 Å². The molecule has 0 aliphatic carbocycles. The van der Waals surface area contributed by atoms with Gasteiger partial charge in [0.1, 0.15) is 16.7 Å². The summed E-state index contributed by atoms with van der Waals surface area (Å²) in [5.74, 6) is 0.251. The predicted octanol–water partition coefficient (Wildman–Crippen LogP) is 2.76. The van der Waals surface area contributed by atoms with E-state index in [1.807, 2.05) is 13.0 Å². The summed E-state index contributed by atoms with van der Waals surface area (Å²) < 4.78 is 5.38. The largest absolute Gasteiger partial charge is 0.494 e. The van der Waals surface area contributed by atoms with Gasteiger partial charge < -0.3 is 15.2 Å². The minimum atomic E-state index is -0.338. The molecule has 0 radical (unpaired) electrons. The van der Waals surface area contributed by atoms with Crippen LogP contribution in [0.2, 0.25) is 0 Å². The second kappa shape index (κ2) is 6.88. The molecule has 0 atom stereocenters. The van der Waals surface area contributed by atoms with Crippen molar-refractivity contribution in [3.05, 3.63) is 45.6 Å². The van der Waals surface area contributed by atoms with Crippen LogP contribution in [0, 0.1) is 11.3 Å². The lowest BCUT2D eigenvalue weighted by atomic mass is 10.2. The topological polar surface area (TPSA) is 82.3 Å². The molecule has 0 saturated heterocycles. The minimum absolute atomic E-state index is 0.179. The number of thiophene rings is 1. The van der Waals surface area contributed by atoms with Crippen molar-refractivity contribution < 1.29 is 14.6 Å². The molecule has 2 rings (SSSR count). The SMILES string of the molecule is CCOc1ccc(NC(=O)c2sccc2C#N)cc1CO. The highest BCUT2D eigenvalue weighted by Crippen LogP contribution is 2.24. The lowest BCUT2D eigenvalue weighted by Gasteiger charge is -2.11. The highest BCUT2D eigenvalue weighted by Gasteiger charge is 2.14. The van der Waals surface area contributed by atoms with E-state index in [4.69, 9.17) is 10.00 Å². The number of hydrogen-bond acceptors (Lipinski definition) is 5. The monoisotopic (exact) mass is 302 g/mol. The van der Waals surface area contributed by atoms with Crippen molar-refractivity contribution in [1.82, 2.24) is 0 Å². The number of amides is 1. The Kier molecular flexibility index (Phi) is 4.93. The van der Waals surface area contributed by atoms with Gasteiger partial charge in [-0.3, -0.25) is 4.79 Å². The molecule has 0 spiro atoms. The van der Waals surface area contributed by atoms with Gasteiger partial charge in [-0.25, -0.2) is 0 Å². The first-order valence-electron chi connectivity index (χ1n) is 6.35. The first-order chi connectivity index (χ1) is 10.2. The highest BCUT2D eigenvalue weighted by molar-refractivity contribution is 7.12. The van der Waals surface area contributed by atoms with Gasteiger partial charge in [0, 0.05) is 11.3 Å². The number of aliphatic hydroxyl groups is 1. The maximum Gasteiger partial charge on any atom is 0.267 e. The van der Waals surface area contributed by atoms with Gasteiger partial charge in [0.25, 0.3) is 5.91 Å². The average Bonchev–Trinajstić information content (AvgIpc) is 2.97. The van der Waals surface area contributed by atoms with E-state index in [9.17, 15) is 9.90 Å². The Morgan fingerprint density at radius 3 is 2.95 bits per heavy atom. The number of carbonyl (C=O) groups is 1. The Hall–Kier alpha value is -2.36. The van der Waals surface area contributed by atoms with Gasteiger partial charge >= 0.3 is 0 Å². The molecule has 0 aliphatic heterocycles. The van der Waals surface area contributed by atoms with Crippen LogP contribution in [0.3, 0.4) is 0 Å². The average molecular weight is 302 g/mol. The molecule has 0 unspecified atom stereocenters. The normalized spacial score (nSPS) is 9.95. The molecule has 21 heavy (non-hydrogen) atoms. The van der Waals surface area contributed by atoms with Crippen molar-refractivity contribution in [3.8, 4) is 11.8 Å². The smallest absolute Gasteiger partial charge is 0.267 e. The zero-order valence-electron chi connectivity index (χ0n) is 11.4. The van der Waals surface area contributed by atoms with E-state index in [0.717, 1.165) is 0 Å². The fourth-order valence-corrected chi connectivity index (χ4v) is 2.58. The van der Waals surface area contributed by atoms with Crippen LogP contribution in [0.25, 0.3) is 0 Å². The standard InChI is InChI=1S/C15H14N2O3S/c1-2-20-13-4-3-12(7-11(13)9-18)17-15(19)14-10(8-16)5-6-21-14/h3-7,18H,2,9H2,1H3,(H,17,19). The van der Waals surface area contributed by atoms with Crippen LogP contribution in [0.4, 0.5) is 5.69 Å². The zero-order chi connectivity index (χ0) is 15.2. The summed E-state index contributed by atoms with van der Waals surface area (Å²) in [5, 5.41) is 22.7. The van der Waals surface area contributed by atoms with E-state index in [1.165, 1.54) is 11.3 Å². The Morgan fingerprint density at radius 1 is 1.48 bits per heavy atom. The van der Waals surface area contributed by atoms with E-state index in [0.29, 0.717) is 34.0 Å². The first-order valence-corrected chi connectivity index (χ1v) is 7.23. The number of nitrogens with zero attached hydrogens (tertiary/aromatic N) is 1. The molecular formula is C15H14N2O3S. The highest BCUT2D eigenvalue weighted by atomic mass is 32.1. The van der Waals surface area contributed by atoms with Crippen LogP contribution in [0.15, 0.2) is 29.6 Å². The lowest BCUT2D eigenvalue weighted by molar-refractivity contribution is 0.103. The third kappa shape index (κ3) is 3.40. The van der Waals surface area contributed by atoms with Crippen LogP contribution in [0.5, 0.6) is 5.75 Å². The van der Waals surface area contributed by atoms with Crippen LogP contribution >= 0.6 is 11.3 Å². The second-order valence-corrected chi connectivity index (χ2v) is 5.06. The number of anilines is 1. The molecule has 2 aromatic rings. The minimum Gasteiger partial charge on any atom is -0.494 e. The van der Waals surface area contributed by atoms with Crippen molar-refractivity contribution >= 4 is 22.9 Å². The van der Waals surface area contributed by atoms with Gasteiger partial charge in [-0.05, 0) is 36.6 Å². The van der Waals surface area contributed by atoms with Crippen LogP contribution < -0.4 is 10.1 Å². The maximum absolute atomic E-state index is 12.1. The maximum atomic E-state index is 12.1. The summed E-state index contributed by atoms with van der Waals surface area (Å²) in [7, 11) is 0. The molecular weight excluding hydrogens is 288 g/mol. The molecule has 1 amide bonds. The summed E-state index contributed by atoms with van der Waals surface area (Å²) in [6.45, 7) is 2.18. The number of hydrogen-bond donors (Lipinski definition) is 2. The van der Waals surface area contributed by atoms with E-state index < -0.39 is 0 Å². The van der Waals surface area contributed by atoms with Gasteiger partial charge in [0.2, 0.25) is 0 Å².